The van der Waals surface area contributed by atoms with Gasteiger partial charge in [0.25, 0.3) is 0 Å². The van der Waals surface area contributed by atoms with E-state index in [4.69, 9.17) is 27.8 Å². The number of hydrogen-bond donors (Lipinski definition) is 3. The van der Waals surface area contributed by atoms with Gasteiger partial charge < -0.3 is 26.4 Å². The molecule has 1 spiro atoms. The van der Waals surface area contributed by atoms with Gasteiger partial charge in [-0.2, -0.15) is 0 Å². The predicted molar refractivity (Wildman–Crippen MR) is 140 cm³/mol. The zero-order chi connectivity index (χ0) is 24.4. The lowest BCUT2D eigenvalue weighted by Crippen LogP contribution is -2.50. The molecule has 0 unspecified atom stereocenters. The van der Waals surface area contributed by atoms with Crippen molar-refractivity contribution in [2.75, 3.05) is 43.4 Å². The number of nitrogens with two attached hydrogens (primary N) is 2. The van der Waals surface area contributed by atoms with Crippen LogP contribution in [0.3, 0.4) is 0 Å². The van der Waals surface area contributed by atoms with Gasteiger partial charge in [0, 0.05) is 41.6 Å². The number of nitrogens with zero attached hydrogens (tertiary/aromatic N) is 4. The molecule has 2 aromatic heterocycles. The molecular formula is C25H32ClN7OS. The molecule has 35 heavy (non-hydrogen) atoms. The van der Waals surface area contributed by atoms with Crippen LogP contribution in [0.2, 0.25) is 5.02 Å². The molecule has 0 aromatic carbocycles. The number of anilines is 2. The van der Waals surface area contributed by atoms with E-state index < -0.39 is 0 Å². The van der Waals surface area contributed by atoms with Crippen molar-refractivity contribution >= 4 is 35.0 Å². The van der Waals surface area contributed by atoms with Crippen LogP contribution in [0.15, 0.2) is 28.4 Å². The van der Waals surface area contributed by atoms with Crippen molar-refractivity contribution in [1.29, 1.82) is 0 Å². The third-order valence-corrected chi connectivity index (χ3v) is 9.04. The number of piperidine rings is 2. The summed E-state index contributed by atoms with van der Waals surface area (Å²) in [5, 5.41) is 4.50. The summed E-state index contributed by atoms with van der Waals surface area (Å²) >= 11 is 8.03. The second-order valence-electron chi connectivity index (χ2n) is 9.68. The molecule has 3 aliphatic heterocycles. The second-order valence-corrected chi connectivity index (χ2v) is 11.1. The molecule has 3 fully saturated rings. The molecule has 8 nitrogen and oxygen atoms in total. The van der Waals surface area contributed by atoms with Crippen LogP contribution >= 0.6 is 23.4 Å². The number of rotatable bonds is 3. The van der Waals surface area contributed by atoms with E-state index in [1.165, 1.54) is 11.8 Å². The zero-order valence-corrected chi connectivity index (χ0v) is 21.5. The standard InChI is InChI=1S/C25H32ClN7OS/c1-16-22(27)25(15-34-16)7-12-33(13-8-25)20-14-31-24(23(28)32-20)35-19-6-11-30-18(21(19)26)3-2-17-4-9-29-10-5-17/h6,11,14,16-17,22,29H,4-5,7-10,12-13,15,27H2,1H3,(H2,28,32)/t16-,22+/m0/s1. The number of nitrogens with one attached hydrogen (secondary N) is 1. The van der Waals surface area contributed by atoms with Gasteiger partial charge in [-0.15, -0.1) is 0 Å². The van der Waals surface area contributed by atoms with Crippen molar-refractivity contribution < 1.29 is 4.74 Å². The molecule has 3 saturated heterocycles. The van der Waals surface area contributed by atoms with Gasteiger partial charge in [-0.05, 0) is 57.7 Å². The summed E-state index contributed by atoms with van der Waals surface area (Å²) < 4.78 is 5.83. The molecule has 0 saturated carbocycles. The Morgan fingerprint density at radius 1 is 1.26 bits per heavy atom. The third kappa shape index (κ3) is 5.23. The summed E-state index contributed by atoms with van der Waals surface area (Å²) in [4.78, 5) is 16.7. The molecule has 2 atom stereocenters. The van der Waals surface area contributed by atoms with Crippen LogP contribution in [-0.2, 0) is 4.74 Å². The van der Waals surface area contributed by atoms with Gasteiger partial charge in [-0.25, -0.2) is 15.0 Å². The molecule has 0 aliphatic carbocycles. The van der Waals surface area contributed by atoms with Crippen LogP contribution in [0.4, 0.5) is 11.6 Å². The van der Waals surface area contributed by atoms with E-state index in [9.17, 15) is 0 Å². The van der Waals surface area contributed by atoms with Crippen LogP contribution in [0.5, 0.6) is 0 Å². The van der Waals surface area contributed by atoms with Crippen LogP contribution in [0.1, 0.15) is 38.3 Å². The smallest absolute Gasteiger partial charge is 0.158 e. The van der Waals surface area contributed by atoms with E-state index >= 15 is 0 Å². The SMILES string of the molecule is C[C@@H]1OCC2(CCN(c3cnc(Sc4ccnc(C#CC5CCNCC5)c4Cl)c(N)n3)CC2)[C@@H]1N. The van der Waals surface area contributed by atoms with Crippen molar-refractivity contribution in [2.45, 2.75) is 54.7 Å². The van der Waals surface area contributed by atoms with Gasteiger partial charge in [0.2, 0.25) is 0 Å². The molecule has 10 heteroatoms. The van der Waals surface area contributed by atoms with Crippen molar-refractivity contribution in [3.63, 3.8) is 0 Å². The fourth-order valence-corrected chi connectivity index (χ4v) is 6.15. The molecule has 186 valence electrons. The van der Waals surface area contributed by atoms with Gasteiger partial charge in [-0.3, -0.25) is 0 Å². The maximum atomic E-state index is 6.65. The maximum Gasteiger partial charge on any atom is 0.158 e. The Balaban J connectivity index is 1.26. The molecule has 0 amide bonds. The summed E-state index contributed by atoms with van der Waals surface area (Å²) in [7, 11) is 0. The molecule has 0 bridgehead atoms. The fraction of sp³-hybridized carbons (Fsp3) is 0.560. The molecule has 3 aliphatic rings. The lowest BCUT2D eigenvalue weighted by Gasteiger charge is -2.41. The number of pyridine rings is 1. The van der Waals surface area contributed by atoms with Gasteiger partial charge in [0.1, 0.15) is 16.5 Å². The summed E-state index contributed by atoms with van der Waals surface area (Å²) in [6.45, 7) is 6.53. The van der Waals surface area contributed by atoms with Crippen molar-refractivity contribution in [1.82, 2.24) is 20.3 Å². The minimum Gasteiger partial charge on any atom is -0.381 e. The highest BCUT2D eigenvalue weighted by Gasteiger charge is 2.47. The van der Waals surface area contributed by atoms with Crippen molar-refractivity contribution in [3.8, 4) is 11.8 Å². The first kappa shape index (κ1) is 24.6. The summed E-state index contributed by atoms with van der Waals surface area (Å²) in [5.74, 6) is 8.06. The van der Waals surface area contributed by atoms with Crippen molar-refractivity contribution in [2.24, 2.45) is 17.1 Å². The highest BCUT2D eigenvalue weighted by atomic mass is 35.5. The van der Waals surface area contributed by atoms with Crippen LogP contribution in [0, 0.1) is 23.2 Å². The summed E-state index contributed by atoms with van der Waals surface area (Å²) in [5.41, 5.74) is 13.4. The zero-order valence-electron chi connectivity index (χ0n) is 20.0. The minimum atomic E-state index is 0.0667. The Labute approximate surface area is 215 Å². The van der Waals surface area contributed by atoms with E-state index in [-0.39, 0.29) is 17.6 Å². The number of aromatic nitrogens is 3. The van der Waals surface area contributed by atoms with E-state index in [2.05, 4.69) is 43.9 Å². The van der Waals surface area contributed by atoms with E-state index in [1.807, 2.05) is 6.07 Å². The monoisotopic (exact) mass is 513 g/mol. The second kappa shape index (κ2) is 10.5. The largest absolute Gasteiger partial charge is 0.381 e. The quantitative estimate of drug-likeness (QED) is 0.532. The number of ether oxygens (including phenoxy) is 1. The van der Waals surface area contributed by atoms with Gasteiger partial charge in [0.15, 0.2) is 5.82 Å². The molecule has 5 heterocycles. The van der Waals surface area contributed by atoms with Crippen LogP contribution in [0.25, 0.3) is 0 Å². The first-order valence-electron chi connectivity index (χ1n) is 12.2. The van der Waals surface area contributed by atoms with Gasteiger partial charge in [-0.1, -0.05) is 29.3 Å². The number of nitrogen functional groups attached to an aromatic ring is 1. The number of hydrogen-bond acceptors (Lipinski definition) is 9. The Hall–Kier alpha value is -2.09. The normalized spacial score (nSPS) is 24.4. The first-order chi connectivity index (χ1) is 16.9. The highest BCUT2D eigenvalue weighted by Crippen LogP contribution is 2.42. The fourth-order valence-electron chi connectivity index (χ4n) is 5.10. The predicted octanol–water partition coefficient (Wildman–Crippen LogP) is 2.94. The number of halogens is 1. The lowest BCUT2D eigenvalue weighted by molar-refractivity contribution is 0.0974. The molecule has 5 rings (SSSR count). The topological polar surface area (TPSA) is 115 Å². The van der Waals surface area contributed by atoms with Crippen LogP contribution in [-0.4, -0.2) is 59.9 Å². The molecule has 2 aromatic rings. The summed E-state index contributed by atoms with van der Waals surface area (Å²) in [6.07, 6.45) is 7.68. The van der Waals surface area contributed by atoms with Crippen LogP contribution < -0.4 is 21.7 Å². The molecule has 5 N–H and O–H groups in total. The third-order valence-electron chi connectivity index (χ3n) is 7.48. The maximum absolute atomic E-state index is 6.65. The summed E-state index contributed by atoms with van der Waals surface area (Å²) in [6, 6.07) is 1.94. The van der Waals surface area contributed by atoms with E-state index in [0.29, 0.717) is 27.5 Å². The average molecular weight is 514 g/mol. The van der Waals surface area contributed by atoms with E-state index in [1.54, 1.807) is 12.4 Å². The van der Waals surface area contributed by atoms with Crippen molar-refractivity contribution in [3.05, 3.63) is 29.2 Å². The molecule has 0 radical (unpaired) electrons. The highest BCUT2D eigenvalue weighted by molar-refractivity contribution is 7.99. The van der Waals surface area contributed by atoms with E-state index in [0.717, 1.165) is 69.2 Å². The Morgan fingerprint density at radius 3 is 2.71 bits per heavy atom. The molecular weight excluding hydrogens is 482 g/mol. The first-order valence-corrected chi connectivity index (χ1v) is 13.4. The Bertz CT molecular complexity index is 1120. The Morgan fingerprint density at radius 2 is 2.03 bits per heavy atom. The Kier molecular flexibility index (Phi) is 7.37. The van der Waals surface area contributed by atoms with Gasteiger partial charge >= 0.3 is 0 Å². The average Bonchev–Trinajstić information content (AvgIpc) is 3.15. The lowest BCUT2D eigenvalue weighted by atomic mass is 9.73. The minimum absolute atomic E-state index is 0.0667. The van der Waals surface area contributed by atoms with Gasteiger partial charge in [0.05, 0.1) is 23.9 Å².